The molecule has 0 aliphatic carbocycles. The molecular weight excluding hydrogens is 292 g/mol. The Morgan fingerprint density at radius 3 is 2.35 bits per heavy atom. The molecule has 0 saturated heterocycles. The molecule has 5 heteroatoms. The smallest absolute Gasteiger partial charge is 0.269 e. The van der Waals surface area contributed by atoms with E-state index in [4.69, 9.17) is 0 Å². The fourth-order valence-corrected chi connectivity index (χ4v) is 2.37. The van der Waals surface area contributed by atoms with Gasteiger partial charge in [-0.05, 0) is 34.5 Å². The Hall–Kier alpha value is -3.21. The summed E-state index contributed by atoms with van der Waals surface area (Å²) in [5.74, 6) is -0.256. The van der Waals surface area contributed by atoms with Crippen molar-refractivity contribution in [3.63, 3.8) is 0 Å². The van der Waals surface area contributed by atoms with E-state index in [2.05, 4.69) is 5.32 Å². The molecule has 114 valence electrons. The Morgan fingerprint density at radius 1 is 0.957 bits per heavy atom. The predicted molar refractivity (Wildman–Crippen MR) is 88.2 cm³/mol. The van der Waals surface area contributed by atoms with Crippen LogP contribution in [0, 0.1) is 10.1 Å². The zero-order valence-electron chi connectivity index (χ0n) is 12.2. The van der Waals surface area contributed by atoms with Crippen LogP contribution in [0.5, 0.6) is 0 Å². The van der Waals surface area contributed by atoms with Gasteiger partial charge in [0.15, 0.2) is 0 Å². The molecule has 0 heterocycles. The highest BCUT2D eigenvalue weighted by atomic mass is 16.6. The highest BCUT2D eigenvalue weighted by Gasteiger charge is 2.09. The van der Waals surface area contributed by atoms with Crippen LogP contribution in [0.15, 0.2) is 66.7 Å². The number of nitro benzene ring substituents is 1. The van der Waals surface area contributed by atoms with Crippen molar-refractivity contribution in [1.29, 1.82) is 0 Å². The summed E-state index contributed by atoms with van der Waals surface area (Å²) in [7, 11) is 0. The van der Waals surface area contributed by atoms with Crippen LogP contribution in [0.3, 0.4) is 0 Å². The second-order valence-electron chi connectivity index (χ2n) is 5.17. The molecule has 0 bridgehead atoms. The van der Waals surface area contributed by atoms with Gasteiger partial charge in [0.2, 0.25) is 0 Å². The summed E-state index contributed by atoms with van der Waals surface area (Å²) in [6.07, 6.45) is 0. The van der Waals surface area contributed by atoms with Crippen molar-refractivity contribution in [2.45, 2.75) is 6.54 Å². The number of fused-ring (bicyclic) bond motifs is 1. The lowest BCUT2D eigenvalue weighted by molar-refractivity contribution is -0.384. The largest absolute Gasteiger partial charge is 0.348 e. The van der Waals surface area contributed by atoms with E-state index >= 15 is 0 Å². The van der Waals surface area contributed by atoms with Crippen LogP contribution in [0.1, 0.15) is 15.9 Å². The summed E-state index contributed by atoms with van der Waals surface area (Å²) in [5.41, 5.74) is 1.37. The fourth-order valence-electron chi connectivity index (χ4n) is 2.37. The molecule has 0 saturated carbocycles. The molecule has 23 heavy (non-hydrogen) atoms. The highest BCUT2D eigenvalue weighted by Crippen LogP contribution is 2.16. The van der Waals surface area contributed by atoms with E-state index in [1.54, 1.807) is 0 Å². The minimum Gasteiger partial charge on any atom is -0.348 e. The Labute approximate surface area is 132 Å². The van der Waals surface area contributed by atoms with Gasteiger partial charge in [0, 0.05) is 24.2 Å². The van der Waals surface area contributed by atoms with Crippen LogP contribution in [0.25, 0.3) is 10.8 Å². The van der Waals surface area contributed by atoms with Crippen molar-refractivity contribution in [1.82, 2.24) is 5.32 Å². The van der Waals surface area contributed by atoms with E-state index < -0.39 is 4.92 Å². The van der Waals surface area contributed by atoms with E-state index in [9.17, 15) is 14.9 Å². The first kappa shape index (κ1) is 14.7. The molecule has 1 N–H and O–H groups in total. The Balaban J connectivity index is 1.68. The number of hydrogen-bond donors (Lipinski definition) is 1. The third kappa shape index (κ3) is 3.35. The number of nitrogens with zero attached hydrogens (tertiary/aromatic N) is 1. The topological polar surface area (TPSA) is 72.2 Å². The molecule has 3 aromatic carbocycles. The van der Waals surface area contributed by atoms with E-state index in [-0.39, 0.29) is 11.6 Å². The third-order valence-corrected chi connectivity index (χ3v) is 3.61. The van der Waals surface area contributed by atoms with Gasteiger partial charge in [-0.2, -0.15) is 0 Å². The second-order valence-corrected chi connectivity index (χ2v) is 5.17. The van der Waals surface area contributed by atoms with Crippen molar-refractivity contribution < 1.29 is 9.72 Å². The van der Waals surface area contributed by atoms with Gasteiger partial charge in [-0.15, -0.1) is 0 Å². The quantitative estimate of drug-likeness (QED) is 0.590. The second kappa shape index (κ2) is 6.27. The molecule has 0 radical (unpaired) electrons. The summed E-state index contributed by atoms with van der Waals surface area (Å²) in [4.78, 5) is 22.2. The van der Waals surface area contributed by atoms with Gasteiger partial charge in [0.25, 0.3) is 11.6 Å². The SMILES string of the molecule is O=C(NCc1ccc2ccccc2c1)c1ccc([N+](=O)[O-])cc1. The van der Waals surface area contributed by atoms with Crippen LogP contribution in [-0.4, -0.2) is 10.8 Å². The first-order valence-corrected chi connectivity index (χ1v) is 7.14. The summed E-state index contributed by atoms with van der Waals surface area (Å²) in [5, 5.41) is 15.7. The van der Waals surface area contributed by atoms with Crippen molar-refractivity contribution in [2.75, 3.05) is 0 Å². The minimum atomic E-state index is -0.489. The third-order valence-electron chi connectivity index (χ3n) is 3.61. The lowest BCUT2D eigenvalue weighted by atomic mass is 10.1. The number of carbonyl (C=O) groups excluding carboxylic acids is 1. The number of hydrogen-bond acceptors (Lipinski definition) is 3. The molecule has 0 fully saturated rings. The Bertz CT molecular complexity index is 873. The molecule has 5 nitrogen and oxygen atoms in total. The lowest BCUT2D eigenvalue weighted by Crippen LogP contribution is -2.22. The number of amides is 1. The Kier molecular flexibility index (Phi) is 4.01. The van der Waals surface area contributed by atoms with E-state index in [0.717, 1.165) is 16.3 Å². The van der Waals surface area contributed by atoms with Crippen molar-refractivity contribution in [3.05, 3.63) is 88.0 Å². The maximum Gasteiger partial charge on any atom is 0.269 e. The predicted octanol–water partition coefficient (Wildman–Crippen LogP) is 3.68. The fraction of sp³-hybridized carbons (Fsp3) is 0.0556. The number of nitro groups is 1. The number of benzene rings is 3. The average Bonchev–Trinajstić information content (AvgIpc) is 2.59. The zero-order chi connectivity index (χ0) is 16.2. The lowest BCUT2D eigenvalue weighted by Gasteiger charge is -2.07. The molecule has 0 aliphatic rings. The zero-order valence-corrected chi connectivity index (χ0v) is 12.2. The monoisotopic (exact) mass is 306 g/mol. The van der Waals surface area contributed by atoms with Gasteiger partial charge in [-0.25, -0.2) is 0 Å². The van der Waals surface area contributed by atoms with Gasteiger partial charge < -0.3 is 5.32 Å². The van der Waals surface area contributed by atoms with E-state index in [1.807, 2.05) is 42.5 Å². The van der Waals surface area contributed by atoms with Crippen molar-refractivity contribution in [2.24, 2.45) is 0 Å². The van der Waals surface area contributed by atoms with Crippen molar-refractivity contribution >= 4 is 22.4 Å². The minimum absolute atomic E-state index is 0.0314. The van der Waals surface area contributed by atoms with Gasteiger partial charge >= 0.3 is 0 Å². The first-order chi connectivity index (χ1) is 11.1. The van der Waals surface area contributed by atoms with Gasteiger partial charge in [-0.3, -0.25) is 14.9 Å². The normalized spacial score (nSPS) is 10.4. The standard InChI is InChI=1S/C18H14N2O3/c21-18(15-7-9-17(10-8-15)20(22)23)19-12-13-5-6-14-3-1-2-4-16(14)11-13/h1-11H,12H2,(H,19,21). The molecule has 3 rings (SSSR count). The molecule has 0 aliphatic heterocycles. The number of rotatable bonds is 4. The van der Waals surface area contributed by atoms with Crippen molar-refractivity contribution in [3.8, 4) is 0 Å². The molecule has 0 unspecified atom stereocenters. The molecule has 3 aromatic rings. The van der Waals surface area contributed by atoms with Crippen LogP contribution >= 0.6 is 0 Å². The maximum absolute atomic E-state index is 12.1. The molecule has 0 spiro atoms. The van der Waals surface area contributed by atoms with Gasteiger partial charge in [-0.1, -0.05) is 36.4 Å². The maximum atomic E-state index is 12.1. The average molecular weight is 306 g/mol. The highest BCUT2D eigenvalue weighted by molar-refractivity contribution is 5.94. The number of carbonyl (C=O) groups is 1. The first-order valence-electron chi connectivity index (χ1n) is 7.14. The molecule has 1 amide bonds. The summed E-state index contributed by atoms with van der Waals surface area (Å²) < 4.78 is 0. The molecular formula is C18H14N2O3. The van der Waals surface area contributed by atoms with E-state index in [0.29, 0.717) is 12.1 Å². The van der Waals surface area contributed by atoms with Crippen LogP contribution in [0.4, 0.5) is 5.69 Å². The van der Waals surface area contributed by atoms with Crippen LogP contribution in [0.2, 0.25) is 0 Å². The van der Waals surface area contributed by atoms with Crippen LogP contribution in [-0.2, 0) is 6.54 Å². The van der Waals surface area contributed by atoms with Gasteiger partial charge in [0.1, 0.15) is 0 Å². The van der Waals surface area contributed by atoms with E-state index in [1.165, 1.54) is 24.3 Å². The summed E-state index contributed by atoms with van der Waals surface area (Å²) in [6.45, 7) is 0.403. The van der Waals surface area contributed by atoms with Gasteiger partial charge in [0.05, 0.1) is 4.92 Å². The molecule has 0 atom stereocenters. The summed E-state index contributed by atoms with van der Waals surface area (Å²) in [6, 6.07) is 19.6. The number of non-ortho nitro benzene ring substituents is 1. The molecule has 0 aromatic heterocycles. The van der Waals surface area contributed by atoms with Crippen LogP contribution < -0.4 is 5.32 Å². The number of nitrogens with one attached hydrogen (secondary N) is 1. The summed E-state index contributed by atoms with van der Waals surface area (Å²) >= 11 is 0. The Morgan fingerprint density at radius 2 is 1.65 bits per heavy atom.